The third kappa shape index (κ3) is 6.28. The monoisotopic (exact) mass is 438 g/mol. The van der Waals surface area contributed by atoms with Gasteiger partial charge in [0.1, 0.15) is 18.0 Å². The summed E-state index contributed by atoms with van der Waals surface area (Å²) in [7, 11) is -3.17. The van der Waals surface area contributed by atoms with E-state index in [4.69, 9.17) is 0 Å². The molecule has 1 aromatic rings. The summed E-state index contributed by atoms with van der Waals surface area (Å²) in [5, 5.41) is 3.30. The van der Waals surface area contributed by atoms with Gasteiger partial charge in [-0.2, -0.15) is 4.31 Å². The Morgan fingerprint density at radius 2 is 1.97 bits per heavy atom. The smallest absolute Gasteiger partial charge is 0.222 e. The normalized spacial score (nSPS) is 20.9. The largest absolute Gasteiger partial charge is 0.370 e. The molecule has 1 N–H and O–H groups in total. The van der Waals surface area contributed by atoms with E-state index in [2.05, 4.69) is 27.1 Å². The zero-order chi connectivity index (χ0) is 21.6. The number of amides is 1. The number of anilines is 2. The summed E-state index contributed by atoms with van der Waals surface area (Å²) in [6.07, 6.45) is 7.46. The second kappa shape index (κ2) is 10.4. The summed E-state index contributed by atoms with van der Waals surface area (Å²) in [5.74, 6) is 2.39. The third-order valence-corrected chi connectivity index (χ3v) is 7.18. The molecule has 2 fully saturated rings. The first-order valence-corrected chi connectivity index (χ1v) is 12.8. The summed E-state index contributed by atoms with van der Waals surface area (Å²) in [5.41, 5.74) is 0. The van der Waals surface area contributed by atoms with Gasteiger partial charge in [-0.05, 0) is 31.6 Å². The molecule has 3 heterocycles. The molecule has 2 saturated heterocycles. The number of hydrogen-bond acceptors (Lipinski definition) is 7. The molecule has 0 saturated carbocycles. The van der Waals surface area contributed by atoms with Crippen molar-refractivity contribution in [2.75, 3.05) is 62.3 Å². The minimum Gasteiger partial charge on any atom is -0.370 e. The third-order valence-electron chi connectivity index (χ3n) is 5.88. The number of carbonyl (C=O) groups excluding carboxylic acids is 1. The second-order valence-corrected chi connectivity index (χ2v) is 10.2. The van der Waals surface area contributed by atoms with Crippen molar-refractivity contribution in [1.29, 1.82) is 0 Å². The molecule has 1 aromatic heterocycles. The Labute approximate surface area is 179 Å². The molecule has 168 valence electrons. The molecular formula is C20H34N6O3S. The lowest BCUT2D eigenvalue weighted by Crippen LogP contribution is -2.50. The molecular weight excluding hydrogens is 404 g/mol. The Hall–Kier alpha value is -1.94. The van der Waals surface area contributed by atoms with Crippen LogP contribution in [0.5, 0.6) is 0 Å². The van der Waals surface area contributed by atoms with Crippen LogP contribution in [0.3, 0.4) is 0 Å². The molecule has 0 bridgehead atoms. The van der Waals surface area contributed by atoms with Crippen LogP contribution in [-0.2, 0) is 14.8 Å². The Kier molecular flexibility index (Phi) is 7.87. The Balaban J connectivity index is 1.47. The number of nitrogens with zero attached hydrogens (tertiary/aromatic N) is 5. The minimum absolute atomic E-state index is 0.133. The van der Waals surface area contributed by atoms with Gasteiger partial charge in [-0.1, -0.05) is 6.92 Å². The van der Waals surface area contributed by atoms with E-state index in [0.29, 0.717) is 38.5 Å². The number of aromatic nitrogens is 2. The number of sulfonamides is 1. The number of rotatable bonds is 8. The summed E-state index contributed by atoms with van der Waals surface area (Å²) in [6, 6.07) is 2.00. The van der Waals surface area contributed by atoms with Gasteiger partial charge in [-0.15, -0.1) is 0 Å². The van der Waals surface area contributed by atoms with E-state index in [0.717, 1.165) is 57.0 Å². The fraction of sp³-hybridized carbons (Fsp3) is 0.750. The molecule has 1 atom stereocenters. The topological polar surface area (TPSA) is 98.7 Å². The van der Waals surface area contributed by atoms with E-state index in [1.54, 1.807) is 11.2 Å². The first-order valence-electron chi connectivity index (χ1n) is 10.9. The fourth-order valence-corrected chi connectivity index (χ4v) is 4.96. The predicted molar refractivity (Wildman–Crippen MR) is 118 cm³/mol. The van der Waals surface area contributed by atoms with Crippen LogP contribution in [0.25, 0.3) is 0 Å². The summed E-state index contributed by atoms with van der Waals surface area (Å²) < 4.78 is 24.7. The number of hydrogen-bond donors (Lipinski definition) is 1. The highest BCUT2D eigenvalue weighted by atomic mass is 32.2. The molecule has 9 nitrogen and oxygen atoms in total. The van der Waals surface area contributed by atoms with Gasteiger partial charge < -0.3 is 15.1 Å². The molecule has 3 rings (SSSR count). The van der Waals surface area contributed by atoms with Crippen molar-refractivity contribution in [3.63, 3.8) is 0 Å². The van der Waals surface area contributed by atoms with Gasteiger partial charge in [-0.25, -0.2) is 18.4 Å². The number of piperidine rings is 1. The van der Waals surface area contributed by atoms with Crippen LogP contribution in [0.2, 0.25) is 0 Å². The Morgan fingerprint density at radius 1 is 1.20 bits per heavy atom. The van der Waals surface area contributed by atoms with Gasteiger partial charge >= 0.3 is 0 Å². The predicted octanol–water partition coefficient (Wildman–Crippen LogP) is 1.40. The van der Waals surface area contributed by atoms with E-state index in [9.17, 15) is 13.2 Å². The van der Waals surface area contributed by atoms with E-state index >= 15 is 0 Å². The first kappa shape index (κ1) is 22.7. The second-order valence-electron chi connectivity index (χ2n) is 8.22. The van der Waals surface area contributed by atoms with Crippen LogP contribution in [0.15, 0.2) is 12.4 Å². The lowest BCUT2D eigenvalue weighted by atomic mass is 9.93. The number of nitrogens with one attached hydrogen (secondary N) is 1. The van der Waals surface area contributed by atoms with Crippen molar-refractivity contribution >= 4 is 27.6 Å². The number of carbonyl (C=O) groups is 1. The molecule has 10 heteroatoms. The molecule has 2 aliphatic rings. The molecule has 0 aromatic carbocycles. The zero-order valence-corrected chi connectivity index (χ0v) is 18.9. The van der Waals surface area contributed by atoms with Crippen LogP contribution >= 0.6 is 0 Å². The minimum atomic E-state index is -3.17. The average Bonchev–Trinajstić information content (AvgIpc) is 2.76. The van der Waals surface area contributed by atoms with Gasteiger partial charge in [0.15, 0.2) is 0 Å². The molecule has 30 heavy (non-hydrogen) atoms. The van der Waals surface area contributed by atoms with E-state index < -0.39 is 10.0 Å². The van der Waals surface area contributed by atoms with E-state index in [-0.39, 0.29) is 5.91 Å². The highest BCUT2D eigenvalue weighted by molar-refractivity contribution is 7.88. The maximum absolute atomic E-state index is 12.6. The lowest BCUT2D eigenvalue weighted by Gasteiger charge is -2.35. The van der Waals surface area contributed by atoms with Crippen LogP contribution < -0.4 is 10.2 Å². The summed E-state index contributed by atoms with van der Waals surface area (Å²) in [6.45, 7) is 6.64. The van der Waals surface area contributed by atoms with Crippen LogP contribution in [0.4, 0.5) is 11.6 Å². The number of piperazine rings is 1. The van der Waals surface area contributed by atoms with Crippen LogP contribution in [0.1, 0.15) is 39.0 Å². The van der Waals surface area contributed by atoms with Crippen molar-refractivity contribution in [1.82, 2.24) is 19.2 Å². The van der Waals surface area contributed by atoms with Gasteiger partial charge in [0.25, 0.3) is 0 Å². The van der Waals surface area contributed by atoms with Crippen LogP contribution in [0, 0.1) is 5.92 Å². The maximum atomic E-state index is 12.6. The standard InChI is InChI=1S/C20H34N6O3S/c1-3-8-21-18-14-19(23-16-22-18)25-9-4-5-17(15-25)6-7-20(27)24-10-12-26(13-11-24)30(2,28)29/h14,16-17H,3-13,15H2,1-2H3,(H,21,22,23). The van der Waals surface area contributed by atoms with Gasteiger partial charge in [0, 0.05) is 58.3 Å². The van der Waals surface area contributed by atoms with E-state index in [1.807, 2.05) is 6.07 Å². The highest BCUT2D eigenvalue weighted by Gasteiger charge is 2.27. The Morgan fingerprint density at radius 3 is 2.67 bits per heavy atom. The van der Waals surface area contributed by atoms with Crippen molar-refractivity contribution in [2.24, 2.45) is 5.92 Å². The van der Waals surface area contributed by atoms with Crippen LogP contribution in [-0.4, -0.2) is 85.6 Å². The first-order chi connectivity index (χ1) is 14.4. The average molecular weight is 439 g/mol. The quantitative estimate of drug-likeness (QED) is 0.655. The Bertz CT molecular complexity index is 811. The van der Waals surface area contributed by atoms with Crippen molar-refractivity contribution < 1.29 is 13.2 Å². The lowest BCUT2D eigenvalue weighted by molar-refractivity contribution is -0.132. The van der Waals surface area contributed by atoms with Gasteiger partial charge in [-0.3, -0.25) is 4.79 Å². The van der Waals surface area contributed by atoms with Crippen molar-refractivity contribution in [3.8, 4) is 0 Å². The van der Waals surface area contributed by atoms with Gasteiger partial charge in [0.2, 0.25) is 15.9 Å². The highest BCUT2D eigenvalue weighted by Crippen LogP contribution is 2.26. The summed E-state index contributed by atoms with van der Waals surface area (Å²) in [4.78, 5) is 25.4. The molecule has 1 unspecified atom stereocenters. The molecule has 0 spiro atoms. The maximum Gasteiger partial charge on any atom is 0.222 e. The zero-order valence-electron chi connectivity index (χ0n) is 18.1. The molecule has 0 radical (unpaired) electrons. The fourth-order valence-electron chi connectivity index (χ4n) is 4.13. The van der Waals surface area contributed by atoms with Crippen molar-refractivity contribution in [3.05, 3.63) is 12.4 Å². The molecule has 2 aliphatic heterocycles. The van der Waals surface area contributed by atoms with Crippen molar-refractivity contribution in [2.45, 2.75) is 39.0 Å². The SMILES string of the molecule is CCCNc1cc(N2CCCC(CCC(=O)N3CCN(S(C)(=O)=O)CC3)C2)ncn1. The molecule has 1 amide bonds. The molecule has 0 aliphatic carbocycles. The van der Waals surface area contributed by atoms with Gasteiger partial charge in [0.05, 0.1) is 6.26 Å². The van der Waals surface area contributed by atoms with E-state index in [1.165, 1.54) is 10.6 Å². The summed E-state index contributed by atoms with van der Waals surface area (Å²) >= 11 is 0.